The van der Waals surface area contributed by atoms with Crippen molar-refractivity contribution < 1.29 is 24.6 Å². The van der Waals surface area contributed by atoms with E-state index in [0.29, 0.717) is 13.1 Å². The van der Waals surface area contributed by atoms with Gasteiger partial charge in [0.2, 0.25) is 5.91 Å². The van der Waals surface area contributed by atoms with E-state index in [0.717, 1.165) is 51.4 Å². The van der Waals surface area contributed by atoms with Crippen molar-refractivity contribution in [2.24, 2.45) is 16.6 Å². The van der Waals surface area contributed by atoms with E-state index in [1.807, 2.05) is 0 Å². The van der Waals surface area contributed by atoms with Crippen molar-refractivity contribution in [3.8, 4) is 0 Å². The molecule has 2 saturated carbocycles. The lowest BCUT2D eigenvalue weighted by Gasteiger charge is -2.36. The number of nitrogens with one attached hydrogen (secondary N) is 1. The SMILES string of the molecule is C.NCC1(CC(=O)O)CCCCC1.O=C(O)CC1(CNC(=O)CBr)CCCCC1. The summed E-state index contributed by atoms with van der Waals surface area (Å²) in [6.45, 7) is 1.02. The van der Waals surface area contributed by atoms with Gasteiger partial charge in [-0.1, -0.05) is 61.9 Å². The maximum atomic E-state index is 11.2. The topological polar surface area (TPSA) is 130 Å². The highest BCUT2D eigenvalue weighted by molar-refractivity contribution is 9.09. The van der Waals surface area contributed by atoms with E-state index in [2.05, 4.69) is 21.2 Å². The number of carbonyl (C=O) groups is 3. The standard InChI is InChI=1S/C11H18BrNO3.C9H17NO2.CH4/c12-7-9(14)13-8-11(6-10(15)16)4-2-1-3-5-11;10-7-9(6-8(11)12)4-2-1-3-5-9;/h1-8H2,(H,13,14)(H,15,16);1-7,10H2,(H,11,12);1H4. The second-order valence-electron chi connectivity index (χ2n) is 8.38. The smallest absolute Gasteiger partial charge is 0.303 e. The lowest BCUT2D eigenvalue weighted by atomic mass is 9.71. The summed E-state index contributed by atoms with van der Waals surface area (Å²) in [4.78, 5) is 32.6. The van der Waals surface area contributed by atoms with E-state index < -0.39 is 11.9 Å². The molecule has 0 aromatic heterocycles. The van der Waals surface area contributed by atoms with E-state index >= 15 is 0 Å². The van der Waals surface area contributed by atoms with Gasteiger partial charge in [-0.3, -0.25) is 14.4 Å². The average molecular weight is 479 g/mol. The van der Waals surface area contributed by atoms with E-state index in [9.17, 15) is 14.4 Å². The number of hydrogen-bond donors (Lipinski definition) is 4. The van der Waals surface area contributed by atoms with Crippen LogP contribution in [0.5, 0.6) is 0 Å². The Hall–Kier alpha value is -1.15. The van der Waals surface area contributed by atoms with Gasteiger partial charge in [0, 0.05) is 6.54 Å². The summed E-state index contributed by atoms with van der Waals surface area (Å²) >= 11 is 3.08. The Kier molecular flexibility index (Phi) is 13.4. The van der Waals surface area contributed by atoms with Crippen LogP contribution in [0, 0.1) is 10.8 Å². The van der Waals surface area contributed by atoms with Crippen LogP contribution in [0.4, 0.5) is 0 Å². The number of carbonyl (C=O) groups excluding carboxylic acids is 1. The maximum Gasteiger partial charge on any atom is 0.303 e. The highest BCUT2D eigenvalue weighted by atomic mass is 79.9. The Balaban J connectivity index is 0.000000542. The maximum absolute atomic E-state index is 11.2. The van der Waals surface area contributed by atoms with Crippen LogP contribution in [0.3, 0.4) is 0 Å². The summed E-state index contributed by atoms with van der Waals surface area (Å²) in [5.41, 5.74) is 5.32. The number of hydrogen-bond acceptors (Lipinski definition) is 4. The van der Waals surface area contributed by atoms with Gasteiger partial charge in [0.1, 0.15) is 0 Å². The van der Waals surface area contributed by atoms with Gasteiger partial charge in [-0.25, -0.2) is 0 Å². The first-order chi connectivity index (χ1) is 13.3. The lowest BCUT2D eigenvalue weighted by molar-refractivity contribution is -0.141. The molecule has 170 valence electrons. The second kappa shape index (κ2) is 14.0. The Morgan fingerprint density at radius 1 is 0.828 bits per heavy atom. The third kappa shape index (κ3) is 10.4. The first kappa shape index (κ1) is 27.8. The summed E-state index contributed by atoms with van der Waals surface area (Å²) in [6.07, 6.45) is 11.0. The van der Waals surface area contributed by atoms with Crippen LogP contribution >= 0.6 is 15.9 Å². The fourth-order valence-electron chi connectivity index (χ4n) is 4.45. The molecule has 0 aliphatic heterocycles. The molecule has 0 bridgehead atoms. The van der Waals surface area contributed by atoms with Gasteiger partial charge in [-0.15, -0.1) is 0 Å². The molecular weight excluding hydrogens is 440 g/mol. The number of carboxylic acid groups (broad SMARTS) is 2. The molecule has 0 unspecified atom stereocenters. The summed E-state index contributed by atoms with van der Waals surface area (Å²) in [5, 5.41) is 20.7. The fourth-order valence-corrected chi connectivity index (χ4v) is 4.65. The van der Waals surface area contributed by atoms with Crippen molar-refractivity contribution in [2.75, 3.05) is 18.4 Å². The highest BCUT2D eigenvalue weighted by Crippen LogP contribution is 2.39. The lowest BCUT2D eigenvalue weighted by Crippen LogP contribution is -2.40. The number of alkyl halides is 1. The van der Waals surface area contributed by atoms with E-state index in [4.69, 9.17) is 15.9 Å². The third-order valence-corrected chi connectivity index (χ3v) is 6.61. The van der Waals surface area contributed by atoms with Crippen molar-refractivity contribution in [1.82, 2.24) is 5.32 Å². The minimum atomic E-state index is -0.769. The van der Waals surface area contributed by atoms with Crippen molar-refractivity contribution in [3.05, 3.63) is 0 Å². The van der Waals surface area contributed by atoms with Gasteiger partial charge in [0.15, 0.2) is 0 Å². The predicted molar refractivity (Wildman–Crippen MR) is 118 cm³/mol. The Morgan fingerprint density at radius 2 is 1.24 bits per heavy atom. The van der Waals surface area contributed by atoms with Crippen LogP contribution in [0.2, 0.25) is 0 Å². The first-order valence-electron chi connectivity index (χ1n) is 10.2. The molecule has 2 aliphatic rings. The van der Waals surface area contributed by atoms with Gasteiger partial charge in [0.05, 0.1) is 18.2 Å². The molecule has 0 aromatic carbocycles. The Morgan fingerprint density at radius 3 is 1.62 bits per heavy atom. The quantitative estimate of drug-likeness (QED) is 0.391. The highest BCUT2D eigenvalue weighted by Gasteiger charge is 2.34. The van der Waals surface area contributed by atoms with E-state index in [-0.39, 0.29) is 42.3 Å². The number of nitrogens with two attached hydrogens (primary N) is 1. The van der Waals surface area contributed by atoms with Crippen molar-refractivity contribution in [3.63, 3.8) is 0 Å². The number of aliphatic carboxylic acids is 2. The van der Waals surface area contributed by atoms with Crippen molar-refractivity contribution in [1.29, 1.82) is 0 Å². The molecule has 1 amide bonds. The molecule has 0 spiro atoms. The van der Waals surface area contributed by atoms with Gasteiger partial charge < -0.3 is 21.3 Å². The molecule has 0 aromatic rings. The van der Waals surface area contributed by atoms with Gasteiger partial charge >= 0.3 is 11.9 Å². The minimum absolute atomic E-state index is 0. The third-order valence-electron chi connectivity index (χ3n) is 6.10. The summed E-state index contributed by atoms with van der Waals surface area (Å²) in [7, 11) is 0. The molecular formula is C21H39BrN2O5. The van der Waals surface area contributed by atoms with E-state index in [1.165, 1.54) is 12.8 Å². The molecule has 2 rings (SSSR count). The van der Waals surface area contributed by atoms with Gasteiger partial charge in [0.25, 0.3) is 0 Å². The number of rotatable bonds is 8. The van der Waals surface area contributed by atoms with Gasteiger partial charge in [-0.05, 0) is 43.1 Å². The van der Waals surface area contributed by atoms with Crippen LogP contribution in [0.1, 0.15) is 84.5 Å². The molecule has 2 aliphatic carbocycles. The van der Waals surface area contributed by atoms with Crippen LogP contribution in [0.25, 0.3) is 0 Å². The van der Waals surface area contributed by atoms with Crippen LogP contribution in [-0.4, -0.2) is 46.5 Å². The number of halogens is 1. The molecule has 8 heteroatoms. The molecule has 0 heterocycles. The Labute approximate surface area is 183 Å². The molecule has 2 fully saturated rings. The monoisotopic (exact) mass is 478 g/mol. The van der Waals surface area contributed by atoms with Crippen LogP contribution in [-0.2, 0) is 14.4 Å². The normalized spacial score (nSPS) is 19.7. The molecule has 5 N–H and O–H groups in total. The number of amides is 1. The summed E-state index contributed by atoms with van der Waals surface area (Å²) < 4.78 is 0. The molecule has 0 atom stereocenters. The zero-order chi connectivity index (χ0) is 21.0. The van der Waals surface area contributed by atoms with Crippen LogP contribution < -0.4 is 11.1 Å². The fraction of sp³-hybridized carbons (Fsp3) is 0.857. The summed E-state index contributed by atoms with van der Waals surface area (Å²) in [6, 6.07) is 0. The molecule has 29 heavy (non-hydrogen) atoms. The van der Waals surface area contributed by atoms with Crippen molar-refractivity contribution in [2.45, 2.75) is 84.5 Å². The zero-order valence-corrected chi connectivity index (χ0v) is 18.3. The minimum Gasteiger partial charge on any atom is -0.481 e. The molecule has 7 nitrogen and oxygen atoms in total. The predicted octanol–water partition coefficient (Wildman–Crippen LogP) is 3.93. The Bertz CT molecular complexity index is 515. The van der Waals surface area contributed by atoms with E-state index in [1.54, 1.807) is 0 Å². The van der Waals surface area contributed by atoms with Gasteiger partial charge in [-0.2, -0.15) is 0 Å². The first-order valence-corrected chi connectivity index (χ1v) is 11.3. The second-order valence-corrected chi connectivity index (χ2v) is 8.94. The van der Waals surface area contributed by atoms with Crippen LogP contribution in [0.15, 0.2) is 0 Å². The zero-order valence-electron chi connectivity index (χ0n) is 16.7. The molecule has 0 saturated heterocycles. The largest absolute Gasteiger partial charge is 0.481 e. The average Bonchev–Trinajstić information content (AvgIpc) is 2.67. The van der Waals surface area contributed by atoms with Crippen molar-refractivity contribution >= 4 is 33.8 Å². The number of carboxylic acids is 2. The molecule has 0 radical (unpaired) electrons. The summed E-state index contributed by atoms with van der Waals surface area (Å²) in [5.74, 6) is -1.55.